The maximum absolute atomic E-state index is 5.96. The number of methoxy groups -OCH3 is 1. The van der Waals surface area contributed by atoms with Gasteiger partial charge in [-0.2, -0.15) is 0 Å². The number of hydrogen-bond donors (Lipinski definition) is 0. The van der Waals surface area contributed by atoms with Crippen LogP contribution in [0.2, 0.25) is 0 Å². The molecule has 118 valence electrons. The van der Waals surface area contributed by atoms with Crippen LogP contribution < -0.4 is 9.47 Å². The van der Waals surface area contributed by atoms with E-state index in [1.54, 1.807) is 13.3 Å². The number of ether oxygens (including phenoxy) is 2. The molecule has 0 N–H and O–H groups in total. The van der Waals surface area contributed by atoms with E-state index in [2.05, 4.69) is 29.3 Å². The molecule has 0 radical (unpaired) electrons. The number of rotatable bonds is 2. The minimum atomic E-state index is 0.550. The smallest absolute Gasteiger partial charge is 0.146 e. The fraction of sp³-hybridized carbons (Fsp3) is 0.0952. The van der Waals surface area contributed by atoms with Crippen molar-refractivity contribution in [2.75, 3.05) is 7.11 Å². The molecule has 2 heterocycles. The topological polar surface area (TPSA) is 31.4 Å². The number of pyridine rings is 1. The minimum absolute atomic E-state index is 0.550. The first-order valence-corrected chi connectivity index (χ1v) is 7.87. The van der Waals surface area contributed by atoms with Gasteiger partial charge >= 0.3 is 0 Å². The fourth-order valence-corrected chi connectivity index (χ4v) is 2.91. The molecule has 0 unspecified atom stereocenters. The summed E-state index contributed by atoms with van der Waals surface area (Å²) in [4.78, 5) is 4.57. The summed E-state index contributed by atoms with van der Waals surface area (Å²) >= 11 is 0. The summed E-state index contributed by atoms with van der Waals surface area (Å²) in [5.74, 6) is 1.66. The lowest BCUT2D eigenvalue weighted by molar-refractivity contribution is 0.306. The van der Waals surface area contributed by atoms with E-state index >= 15 is 0 Å². The lowest BCUT2D eigenvalue weighted by atomic mass is 9.95. The zero-order valence-corrected chi connectivity index (χ0v) is 13.4. The molecule has 3 aromatic rings. The van der Waals surface area contributed by atoms with Gasteiger partial charge in [0.05, 0.1) is 7.11 Å². The zero-order valence-electron chi connectivity index (χ0n) is 13.4. The third-order valence-corrected chi connectivity index (χ3v) is 4.14. The van der Waals surface area contributed by atoms with E-state index in [9.17, 15) is 0 Å². The van der Waals surface area contributed by atoms with Gasteiger partial charge < -0.3 is 9.47 Å². The summed E-state index contributed by atoms with van der Waals surface area (Å²) in [6.07, 6.45) is 3.96. The Hall–Kier alpha value is -3.07. The van der Waals surface area contributed by atoms with Gasteiger partial charge in [-0.15, -0.1) is 0 Å². The molecular weight excluding hydrogens is 298 g/mol. The number of hydrogen-bond acceptors (Lipinski definition) is 3. The van der Waals surface area contributed by atoms with Crippen molar-refractivity contribution >= 4 is 11.6 Å². The van der Waals surface area contributed by atoms with E-state index in [0.717, 1.165) is 39.5 Å². The highest BCUT2D eigenvalue weighted by Gasteiger charge is 2.19. The monoisotopic (exact) mass is 315 g/mol. The lowest BCUT2D eigenvalue weighted by Gasteiger charge is -2.09. The highest BCUT2D eigenvalue weighted by Crippen LogP contribution is 2.36. The van der Waals surface area contributed by atoms with Crippen LogP contribution >= 0.6 is 0 Å². The van der Waals surface area contributed by atoms with Crippen LogP contribution in [0.3, 0.4) is 0 Å². The second-order valence-corrected chi connectivity index (χ2v) is 5.63. The first kappa shape index (κ1) is 14.5. The van der Waals surface area contributed by atoms with Crippen molar-refractivity contribution in [1.82, 2.24) is 4.98 Å². The summed E-state index contributed by atoms with van der Waals surface area (Å²) in [5, 5.41) is 0. The molecule has 0 saturated carbocycles. The van der Waals surface area contributed by atoms with Gasteiger partial charge in [0, 0.05) is 11.8 Å². The minimum Gasteiger partial charge on any atom is -0.497 e. The van der Waals surface area contributed by atoms with Crippen molar-refractivity contribution < 1.29 is 9.47 Å². The summed E-state index contributed by atoms with van der Waals surface area (Å²) in [6, 6.07) is 20.2. The van der Waals surface area contributed by atoms with Crippen LogP contribution in [0.4, 0.5) is 0 Å². The standard InChI is InChI=1S/C21H17NO2/c1-23-17-10-8-15(9-11-17)13-19-18-6-3-2-5-16(18)14-24-20-7-4-12-22-21(19)20/h2-13H,14H2,1H3/b19-13+. The van der Waals surface area contributed by atoms with Crippen molar-refractivity contribution in [2.45, 2.75) is 6.61 Å². The molecule has 3 nitrogen and oxygen atoms in total. The maximum Gasteiger partial charge on any atom is 0.146 e. The number of fused-ring (bicyclic) bond motifs is 2. The molecular formula is C21H17NO2. The molecule has 3 heteroatoms. The Morgan fingerprint density at radius 3 is 2.67 bits per heavy atom. The van der Waals surface area contributed by atoms with E-state index < -0.39 is 0 Å². The van der Waals surface area contributed by atoms with Crippen LogP contribution in [-0.4, -0.2) is 12.1 Å². The molecule has 1 aromatic heterocycles. The largest absolute Gasteiger partial charge is 0.497 e. The number of aromatic nitrogens is 1. The maximum atomic E-state index is 5.96. The second-order valence-electron chi connectivity index (χ2n) is 5.63. The molecule has 0 atom stereocenters. The van der Waals surface area contributed by atoms with Gasteiger partial charge in [0.25, 0.3) is 0 Å². The Kier molecular flexibility index (Phi) is 3.75. The predicted molar refractivity (Wildman–Crippen MR) is 95.0 cm³/mol. The average molecular weight is 315 g/mol. The van der Waals surface area contributed by atoms with E-state index in [1.165, 1.54) is 0 Å². The molecule has 1 aliphatic heterocycles. The summed E-state index contributed by atoms with van der Waals surface area (Å²) < 4.78 is 11.2. The number of benzene rings is 2. The van der Waals surface area contributed by atoms with Gasteiger partial charge in [0.15, 0.2) is 0 Å². The van der Waals surface area contributed by atoms with Crippen molar-refractivity contribution in [3.63, 3.8) is 0 Å². The van der Waals surface area contributed by atoms with Gasteiger partial charge in [-0.3, -0.25) is 4.98 Å². The molecule has 0 fully saturated rings. The first-order valence-electron chi connectivity index (χ1n) is 7.87. The van der Waals surface area contributed by atoms with Gasteiger partial charge in [-0.1, -0.05) is 36.4 Å². The average Bonchev–Trinajstić information content (AvgIpc) is 2.80. The molecule has 0 saturated heterocycles. The van der Waals surface area contributed by atoms with Gasteiger partial charge in [0.2, 0.25) is 0 Å². The van der Waals surface area contributed by atoms with Crippen LogP contribution in [-0.2, 0) is 6.61 Å². The van der Waals surface area contributed by atoms with E-state index in [4.69, 9.17) is 9.47 Å². The van der Waals surface area contributed by atoms with Crippen LogP contribution in [0.15, 0.2) is 66.9 Å². The molecule has 0 aliphatic carbocycles. The predicted octanol–water partition coefficient (Wildman–Crippen LogP) is 4.57. The zero-order chi connectivity index (χ0) is 16.4. The summed E-state index contributed by atoms with van der Waals surface area (Å²) in [5.41, 5.74) is 5.36. The highest BCUT2D eigenvalue weighted by molar-refractivity contribution is 5.93. The van der Waals surface area contributed by atoms with Gasteiger partial charge in [0.1, 0.15) is 23.8 Å². The Morgan fingerprint density at radius 1 is 1.00 bits per heavy atom. The Labute approximate surface area is 141 Å². The van der Waals surface area contributed by atoms with E-state index in [-0.39, 0.29) is 0 Å². The summed E-state index contributed by atoms with van der Waals surface area (Å²) in [7, 11) is 1.67. The SMILES string of the molecule is COc1ccc(/C=C2\c3ccccc3COc3cccnc32)cc1. The molecule has 0 amide bonds. The quantitative estimate of drug-likeness (QED) is 0.694. The summed E-state index contributed by atoms with van der Waals surface area (Å²) in [6.45, 7) is 0.550. The van der Waals surface area contributed by atoms with Crippen LogP contribution in [0.5, 0.6) is 11.5 Å². The van der Waals surface area contributed by atoms with Crippen LogP contribution in [0.1, 0.15) is 22.4 Å². The van der Waals surface area contributed by atoms with Crippen molar-refractivity contribution in [1.29, 1.82) is 0 Å². The van der Waals surface area contributed by atoms with Gasteiger partial charge in [-0.25, -0.2) is 0 Å². The van der Waals surface area contributed by atoms with Crippen molar-refractivity contribution in [3.05, 3.63) is 89.2 Å². The Bertz CT molecular complexity index is 848. The van der Waals surface area contributed by atoms with Gasteiger partial charge in [-0.05, 0) is 47.0 Å². The molecule has 0 bridgehead atoms. The van der Waals surface area contributed by atoms with Crippen LogP contribution in [0, 0.1) is 0 Å². The first-order chi connectivity index (χ1) is 11.8. The van der Waals surface area contributed by atoms with E-state index in [0.29, 0.717) is 6.61 Å². The lowest BCUT2D eigenvalue weighted by Crippen LogP contribution is -1.94. The molecule has 1 aliphatic rings. The second kappa shape index (κ2) is 6.20. The molecule has 4 rings (SSSR count). The third-order valence-electron chi connectivity index (χ3n) is 4.14. The molecule has 2 aromatic carbocycles. The van der Waals surface area contributed by atoms with Crippen LogP contribution in [0.25, 0.3) is 11.6 Å². The normalized spacial score (nSPS) is 14.3. The van der Waals surface area contributed by atoms with E-state index in [1.807, 2.05) is 42.5 Å². The highest BCUT2D eigenvalue weighted by atomic mass is 16.5. The Morgan fingerprint density at radius 2 is 1.83 bits per heavy atom. The third kappa shape index (κ3) is 2.65. The Balaban J connectivity index is 1.90. The molecule has 24 heavy (non-hydrogen) atoms. The molecule has 0 spiro atoms. The number of nitrogens with zero attached hydrogens (tertiary/aromatic N) is 1. The fourth-order valence-electron chi connectivity index (χ4n) is 2.91. The van der Waals surface area contributed by atoms with Crippen molar-refractivity contribution in [2.24, 2.45) is 0 Å². The van der Waals surface area contributed by atoms with Crippen molar-refractivity contribution in [3.8, 4) is 11.5 Å².